The molecule has 4 aromatic rings. The molecule has 1 aliphatic carbocycles. The first-order chi connectivity index (χ1) is 14.1. The van der Waals surface area contributed by atoms with Gasteiger partial charge in [-0.2, -0.15) is 0 Å². The molecule has 5 rings (SSSR count). The minimum absolute atomic E-state index is 0.194. The summed E-state index contributed by atoms with van der Waals surface area (Å²) < 4.78 is 2.73. The van der Waals surface area contributed by atoms with Gasteiger partial charge in [0.2, 0.25) is 0 Å². The number of benzene rings is 2. The summed E-state index contributed by atoms with van der Waals surface area (Å²) >= 11 is 10.4. The average molecular weight is 548 g/mol. The first kappa shape index (κ1) is 19.4. The largest absolute Gasteiger partial charge is 0.506 e. The molecule has 0 saturated carbocycles. The van der Waals surface area contributed by atoms with Crippen LogP contribution in [0.1, 0.15) is 28.8 Å². The van der Waals surface area contributed by atoms with Gasteiger partial charge in [0.25, 0.3) is 0 Å². The van der Waals surface area contributed by atoms with E-state index in [0.29, 0.717) is 10.0 Å². The van der Waals surface area contributed by atoms with Crippen molar-refractivity contribution < 1.29 is 5.11 Å². The molecular weight excluding hydrogens is 532 g/mol. The number of phenolic OH excluding ortho intramolecular Hbond substituents is 1. The summed E-state index contributed by atoms with van der Waals surface area (Å²) in [6, 6.07) is 12.0. The maximum Gasteiger partial charge on any atom is 0.138 e. The molecule has 0 fully saturated rings. The number of fused-ring (bicyclic) bond motifs is 2. The third-order valence-electron chi connectivity index (χ3n) is 5.04. The van der Waals surface area contributed by atoms with Gasteiger partial charge in [-0.25, -0.2) is 9.98 Å². The van der Waals surface area contributed by atoms with Crippen molar-refractivity contribution in [2.24, 2.45) is 4.99 Å². The number of para-hydroxylation sites is 1. The van der Waals surface area contributed by atoms with Gasteiger partial charge in [0.15, 0.2) is 0 Å². The van der Waals surface area contributed by atoms with Crippen molar-refractivity contribution >= 4 is 76.0 Å². The quantitative estimate of drug-likeness (QED) is 0.265. The molecule has 0 amide bonds. The van der Waals surface area contributed by atoms with Crippen LogP contribution in [-0.2, 0) is 12.8 Å². The van der Waals surface area contributed by atoms with E-state index in [2.05, 4.69) is 50.1 Å². The standard InChI is InChI=1S/C22H16Br2N2OS2/c23-13-9-12(20(27)15(24)10-13)11-25-21-19(14-5-1-3-7-17(14)28-21)22-26-16-6-2-4-8-18(16)29-22/h2,4,6,8-11,27H,1,3,5,7H2/b25-11+. The van der Waals surface area contributed by atoms with Gasteiger partial charge in [-0.3, -0.25) is 0 Å². The second-order valence-electron chi connectivity index (χ2n) is 6.96. The Morgan fingerprint density at radius 1 is 1.07 bits per heavy atom. The number of aliphatic imine (C=N–C) groups is 1. The van der Waals surface area contributed by atoms with E-state index < -0.39 is 0 Å². The van der Waals surface area contributed by atoms with E-state index in [1.807, 2.05) is 18.2 Å². The van der Waals surface area contributed by atoms with E-state index in [1.54, 1.807) is 28.9 Å². The molecule has 2 heterocycles. The van der Waals surface area contributed by atoms with Crippen molar-refractivity contribution in [1.29, 1.82) is 0 Å². The number of phenols is 1. The number of thiophene rings is 1. The zero-order chi connectivity index (χ0) is 20.0. The van der Waals surface area contributed by atoms with Crippen LogP contribution in [0.5, 0.6) is 5.75 Å². The number of aromatic hydroxyl groups is 1. The van der Waals surface area contributed by atoms with Crippen molar-refractivity contribution in [2.75, 3.05) is 0 Å². The van der Waals surface area contributed by atoms with E-state index in [1.165, 1.54) is 33.5 Å². The lowest BCUT2D eigenvalue weighted by molar-refractivity contribution is 0.471. The fraction of sp³-hybridized carbons (Fsp3) is 0.182. The Hall–Kier alpha value is -1.54. The van der Waals surface area contributed by atoms with E-state index in [4.69, 9.17) is 9.98 Å². The van der Waals surface area contributed by atoms with Crippen molar-refractivity contribution in [2.45, 2.75) is 25.7 Å². The summed E-state index contributed by atoms with van der Waals surface area (Å²) in [5.41, 5.74) is 4.29. The normalized spacial score (nSPS) is 14.0. The lowest BCUT2D eigenvalue weighted by atomic mass is 9.96. The smallest absolute Gasteiger partial charge is 0.138 e. The van der Waals surface area contributed by atoms with Crippen LogP contribution in [0.2, 0.25) is 0 Å². The van der Waals surface area contributed by atoms with Crippen LogP contribution in [0.4, 0.5) is 5.00 Å². The molecule has 0 unspecified atom stereocenters. The van der Waals surface area contributed by atoms with Gasteiger partial charge in [-0.05, 0) is 71.4 Å². The van der Waals surface area contributed by atoms with Crippen molar-refractivity contribution in [1.82, 2.24) is 4.98 Å². The predicted octanol–water partition coefficient (Wildman–Crippen LogP) is 7.88. The van der Waals surface area contributed by atoms with Crippen LogP contribution < -0.4 is 0 Å². The minimum Gasteiger partial charge on any atom is -0.506 e. The zero-order valence-corrected chi connectivity index (χ0v) is 20.1. The summed E-state index contributed by atoms with van der Waals surface area (Å²) in [6.45, 7) is 0. The summed E-state index contributed by atoms with van der Waals surface area (Å²) in [5.74, 6) is 0.194. The van der Waals surface area contributed by atoms with Crippen LogP contribution in [0.25, 0.3) is 20.8 Å². The molecular formula is C22H16Br2N2OS2. The fourth-order valence-corrected chi connectivity index (χ4v) is 7.25. The number of halogens is 2. The molecule has 1 aliphatic rings. The molecule has 146 valence electrons. The molecule has 0 bridgehead atoms. The topological polar surface area (TPSA) is 45.5 Å². The van der Waals surface area contributed by atoms with Crippen molar-refractivity contribution in [3.05, 3.63) is 61.3 Å². The van der Waals surface area contributed by atoms with Gasteiger partial charge < -0.3 is 5.11 Å². The van der Waals surface area contributed by atoms with Gasteiger partial charge in [0, 0.05) is 21.1 Å². The average Bonchev–Trinajstić information content (AvgIpc) is 3.30. The van der Waals surface area contributed by atoms with Gasteiger partial charge >= 0.3 is 0 Å². The molecule has 0 atom stereocenters. The Bertz CT molecular complexity index is 1230. The highest BCUT2D eigenvalue weighted by atomic mass is 79.9. The molecule has 2 aromatic heterocycles. The van der Waals surface area contributed by atoms with Gasteiger partial charge in [-0.1, -0.05) is 28.1 Å². The van der Waals surface area contributed by atoms with Gasteiger partial charge in [-0.15, -0.1) is 22.7 Å². The zero-order valence-electron chi connectivity index (χ0n) is 15.3. The summed E-state index contributed by atoms with van der Waals surface area (Å²) in [4.78, 5) is 11.2. The molecule has 0 aliphatic heterocycles. The van der Waals surface area contributed by atoms with E-state index >= 15 is 0 Å². The van der Waals surface area contributed by atoms with Gasteiger partial charge in [0.1, 0.15) is 15.8 Å². The molecule has 0 saturated heterocycles. The number of nitrogens with zero attached hydrogens (tertiary/aromatic N) is 2. The number of hydrogen-bond acceptors (Lipinski definition) is 5. The van der Waals surface area contributed by atoms with Crippen LogP contribution in [0.15, 0.2) is 50.3 Å². The minimum atomic E-state index is 0.194. The van der Waals surface area contributed by atoms with E-state index in [9.17, 15) is 5.11 Å². The number of hydrogen-bond donors (Lipinski definition) is 1. The Morgan fingerprint density at radius 3 is 2.76 bits per heavy atom. The highest BCUT2D eigenvalue weighted by Gasteiger charge is 2.24. The molecule has 0 radical (unpaired) electrons. The second-order valence-corrected chi connectivity index (χ2v) is 10.8. The number of rotatable bonds is 3. The molecule has 2 aromatic carbocycles. The predicted molar refractivity (Wildman–Crippen MR) is 130 cm³/mol. The van der Waals surface area contributed by atoms with Crippen molar-refractivity contribution in [3.63, 3.8) is 0 Å². The van der Waals surface area contributed by atoms with Crippen LogP contribution in [-0.4, -0.2) is 16.3 Å². The van der Waals surface area contributed by atoms with Gasteiger partial charge in [0.05, 0.1) is 20.3 Å². The molecule has 1 N–H and O–H groups in total. The third kappa shape index (κ3) is 3.69. The lowest BCUT2D eigenvalue weighted by Gasteiger charge is -2.11. The molecule has 0 spiro atoms. The number of thiazole rings is 1. The van der Waals surface area contributed by atoms with Crippen LogP contribution >= 0.6 is 54.5 Å². The maximum absolute atomic E-state index is 10.4. The molecule has 3 nitrogen and oxygen atoms in total. The second kappa shape index (κ2) is 7.95. The first-order valence-electron chi connectivity index (χ1n) is 9.32. The van der Waals surface area contributed by atoms with Crippen molar-refractivity contribution in [3.8, 4) is 16.3 Å². The Labute approximate surface area is 193 Å². The summed E-state index contributed by atoms with van der Waals surface area (Å²) in [5, 5.41) is 12.4. The van der Waals surface area contributed by atoms with E-state index in [-0.39, 0.29) is 5.75 Å². The lowest BCUT2D eigenvalue weighted by Crippen LogP contribution is -1.99. The summed E-state index contributed by atoms with van der Waals surface area (Å²) in [7, 11) is 0. The Balaban J connectivity index is 1.64. The highest BCUT2D eigenvalue weighted by Crippen LogP contribution is 2.47. The Kier molecular flexibility index (Phi) is 5.32. The Morgan fingerprint density at radius 2 is 1.90 bits per heavy atom. The summed E-state index contributed by atoms with van der Waals surface area (Å²) in [6.07, 6.45) is 6.39. The number of aryl methyl sites for hydroxylation is 1. The maximum atomic E-state index is 10.4. The molecule has 7 heteroatoms. The molecule has 29 heavy (non-hydrogen) atoms. The highest BCUT2D eigenvalue weighted by molar-refractivity contribution is 9.11. The third-order valence-corrected chi connectivity index (χ3v) is 8.36. The van der Waals surface area contributed by atoms with E-state index in [0.717, 1.165) is 32.8 Å². The monoisotopic (exact) mass is 546 g/mol. The first-order valence-corrected chi connectivity index (χ1v) is 12.5. The fourth-order valence-electron chi connectivity index (χ4n) is 3.65. The van der Waals surface area contributed by atoms with Crippen LogP contribution in [0, 0.1) is 0 Å². The number of aromatic nitrogens is 1. The SMILES string of the molecule is Oc1c(Br)cc(Br)cc1/C=N/c1sc2c(c1-c1nc3ccccc3s1)CCCC2. The van der Waals surface area contributed by atoms with Crippen LogP contribution in [0.3, 0.4) is 0 Å².